The lowest BCUT2D eigenvalue weighted by Gasteiger charge is -1.96. The molecule has 0 bridgehead atoms. The van der Waals surface area contributed by atoms with E-state index in [9.17, 15) is 0 Å². The van der Waals surface area contributed by atoms with Crippen molar-refractivity contribution in [1.82, 2.24) is 9.97 Å². The molecule has 0 fully saturated rings. The molecule has 1 rings (SSSR count). The van der Waals surface area contributed by atoms with Crippen LogP contribution in [0.1, 0.15) is 5.69 Å². The molecule has 10 heavy (non-hydrogen) atoms. The van der Waals surface area contributed by atoms with Crippen molar-refractivity contribution in [2.24, 2.45) is 0 Å². The van der Waals surface area contributed by atoms with Crippen molar-refractivity contribution in [2.45, 2.75) is 0 Å². The molecule has 0 saturated carbocycles. The van der Waals surface area contributed by atoms with Crippen LogP contribution in [0.25, 0.3) is 5.57 Å². The number of halogens is 1. The molecule has 0 aliphatic heterocycles. The minimum absolute atomic E-state index is 0.414. The summed E-state index contributed by atoms with van der Waals surface area (Å²) in [6, 6.07) is 1.78. The fourth-order valence-electron chi connectivity index (χ4n) is 0.568. The molecule has 0 spiro atoms. The Morgan fingerprint density at radius 1 is 1.70 bits per heavy atom. The average molecular weight is 155 g/mol. The summed E-state index contributed by atoms with van der Waals surface area (Å²) in [6.07, 6.45) is 3.15. The summed E-state index contributed by atoms with van der Waals surface area (Å²) < 4.78 is 0. The first-order valence-corrected chi connectivity index (χ1v) is 3.38. The minimum Gasteiger partial charge on any atom is -0.245 e. The molecule has 0 N–H and O–H groups in total. The van der Waals surface area contributed by atoms with Crippen LogP contribution in [0, 0.1) is 0 Å². The van der Waals surface area contributed by atoms with E-state index >= 15 is 0 Å². The predicted molar refractivity (Wildman–Crippen MR) is 41.8 cm³/mol. The highest BCUT2D eigenvalue weighted by molar-refractivity contribution is 6.22. The number of hydrogen-bond donors (Lipinski definition) is 0. The van der Waals surface area contributed by atoms with Crippen molar-refractivity contribution in [1.29, 1.82) is 0 Å². The molecule has 1 aromatic rings. The van der Waals surface area contributed by atoms with Gasteiger partial charge in [0.2, 0.25) is 0 Å². The third kappa shape index (κ3) is 1.54. The van der Waals surface area contributed by atoms with Crippen LogP contribution in [0.15, 0.2) is 25.2 Å². The van der Waals surface area contributed by atoms with Gasteiger partial charge in [-0.25, -0.2) is 9.97 Å². The van der Waals surface area contributed by atoms with Gasteiger partial charge in [-0.2, -0.15) is 0 Å². The van der Waals surface area contributed by atoms with Crippen LogP contribution in [0.3, 0.4) is 0 Å². The molecular weight excluding hydrogens is 148 g/mol. The van der Waals surface area contributed by atoms with Crippen molar-refractivity contribution in [3.8, 4) is 0 Å². The van der Waals surface area contributed by atoms with Crippen LogP contribution in [-0.2, 0) is 0 Å². The summed E-state index contributed by atoms with van der Waals surface area (Å²) >= 11 is 5.53. The van der Waals surface area contributed by atoms with E-state index in [0.717, 1.165) is 11.3 Å². The fourth-order valence-corrected chi connectivity index (χ4v) is 0.705. The molecule has 0 amide bonds. The number of nitrogens with zero attached hydrogens (tertiary/aromatic N) is 2. The second kappa shape index (κ2) is 3.32. The van der Waals surface area contributed by atoms with Gasteiger partial charge in [0.15, 0.2) is 0 Å². The minimum atomic E-state index is 0.414. The van der Waals surface area contributed by atoms with Gasteiger partial charge in [0.05, 0.1) is 5.69 Å². The molecular formula is C7H7ClN2. The topological polar surface area (TPSA) is 25.8 Å². The molecule has 0 aromatic carbocycles. The summed E-state index contributed by atoms with van der Waals surface area (Å²) in [6.45, 7) is 3.72. The highest BCUT2D eigenvalue weighted by Gasteiger charge is 1.95. The Bertz CT molecular complexity index is 220. The second-order valence-electron chi connectivity index (χ2n) is 1.83. The van der Waals surface area contributed by atoms with Crippen molar-refractivity contribution < 1.29 is 0 Å². The first kappa shape index (κ1) is 7.22. The van der Waals surface area contributed by atoms with Gasteiger partial charge in [-0.1, -0.05) is 6.58 Å². The summed E-state index contributed by atoms with van der Waals surface area (Å²) in [5, 5.41) is 0. The third-order valence-corrected chi connectivity index (χ3v) is 1.43. The number of hydrogen-bond acceptors (Lipinski definition) is 2. The average Bonchev–Trinajstić information content (AvgIpc) is 2.05. The van der Waals surface area contributed by atoms with E-state index < -0.39 is 0 Å². The Hall–Kier alpha value is -0.890. The van der Waals surface area contributed by atoms with Gasteiger partial charge in [0.25, 0.3) is 0 Å². The van der Waals surface area contributed by atoms with Gasteiger partial charge >= 0.3 is 0 Å². The summed E-state index contributed by atoms with van der Waals surface area (Å²) in [4.78, 5) is 7.72. The summed E-state index contributed by atoms with van der Waals surface area (Å²) in [7, 11) is 0. The molecule has 0 unspecified atom stereocenters. The van der Waals surface area contributed by atoms with E-state index in [0.29, 0.717) is 5.88 Å². The second-order valence-corrected chi connectivity index (χ2v) is 2.10. The highest BCUT2D eigenvalue weighted by Crippen LogP contribution is 2.07. The normalized spacial score (nSPS) is 9.30. The smallest absolute Gasteiger partial charge is 0.116 e. The zero-order valence-corrected chi connectivity index (χ0v) is 6.17. The van der Waals surface area contributed by atoms with E-state index in [1.807, 2.05) is 0 Å². The quantitative estimate of drug-likeness (QED) is 0.607. The molecule has 0 aliphatic carbocycles. The fraction of sp³-hybridized carbons (Fsp3) is 0.143. The molecule has 2 nitrogen and oxygen atoms in total. The maximum absolute atomic E-state index is 5.53. The molecule has 1 aromatic heterocycles. The van der Waals surface area contributed by atoms with Crippen molar-refractivity contribution in [3.05, 3.63) is 30.9 Å². The Kier molecular flexibility index (Phi) is 2.40. The summed E-state index contributed by atoms with van der Waals surface area (Å²) in [5.74, 6) is 0.414. The van der Waals surface area contributed by atoms with Crippen LogP contribution in [0.2, 0.25) is 0 Å². The third-order valence-electron chi connectivity index (χ3n) is 1.11. The first-order chi connectivity index (χ1) is 4.84. The van der Waals surface area contributed by atoms with Gasteiger partial charge in [-0.05, 0) is 11.6 Å². The van der Waals surface area contributed by atoms with Crippen LogP contribution in [0.5, 0.6) is 0 Å². The Morgan fingerprint density at radius 2 is 2.50 bits per heavy atom. The SMILES string of the molecule is C=C(CCl)c1ccncn1. The van der Waals surface area contributed by atoms with E-state index in [4.69, 9.17) is 11.6 Å². The first-order valence-electron chi connectivity index (χ1n) is 2.84. The van der Waals surface area contributed by atoms with E-state index in [1.54, 1.807) is 12.3 Å². The number of alkyl halides is 1. The van der Waals surface area contributed by atoms with E-state index in [-0.39, 0.29) is 0 Å². The molecule has 0 radical (unpaired) electrons. The summed E-state index contributed by atoms with van der Waals surface area (Å²) in [5.41, 5.74) is 1.63. The van der Waals surface area contributed by atoms with Gasteiger partial charge < -0.3 is 0 Å². The van der Waals surface area contributed by atoms with Crippen LogP contribution in [0.4, 0.5) is 0 Å². The van der Waals surface area contributed by atoms with Crippen molar-refractivity contribution >= 4 is 17.2 Å². The zero-order chi connectivity index (χ0) is 7.40. The lowest BCUT2D eigenvalue weighted by atomic mass is 10.2. The molecule has 3 heteroatoms. The maximum atomic E-state index is 5.53. The van der Waals surface area contributed by atoms with Gasteiger partial charge in [0.1, 0.15) is 6.33 Å². The molecule has 0 aliphatic rings. The van der Waals surface area contributed by atoms with Gasteiger partial charge in [0, 0.05) is 12.1 Å². The largest absolute Gasteiger partial charge is 0.245 e. The molecule has 0 atom stereocenters. The molecule has 0 saturated heterocycles. The Labute approximate surface area is 64.6 Å². The molecule has 52 valence electrons. The van der Waals surface area contributed by atoms with Crippen LogP contribution >= 0.6 is 11.6 Å². The highest BCUT2D eigenvalue weighted by atomic mass is 35.5. The van der Waals surface area contributed by atoms with Crippen molar-refractivity contribution in [3.63, 3.8) is 0 Å². The lowest BCUT2D eigenvalue weighted by molar-refractivity contribution is 1.14. The Balaban J connectivity index is 2.85. The maximum Gasteiger partial charge on any atom is 0.116 e. The number of rotatable bonds is 2. The Morgan fingerprint density at radius 3 is 3.00 bits per heavy atom. The van der Waals surface area contributed by atoms with Crippen LogP contribution < -0.4 is 0 Å². The van der Waals surface area contributed by atoms with Crippen molar-refractivity contribution in [2.75, 3.05) is 5.88 Å². The monoisotopic (exact) mass is 154 g/mol. The van der Waals surface area contributed by atoms with Gasteiger partial charge in [-0.3, -0.25) is 0 Å². The molecule has 1 heterocycles. The predicted octanol–water partition coefficient (Wildman–Crippen LogP) is 1.73. The standard InChI is InChI=1S/C7H7ClN2/c1-6(4-8)7-2-3-9-5-10-7/h2-3,5H,1,4H2. The number of allylic oxidation sites excluding steroid dienone is 1. The lowest BCUT2D eigenvalue weighted by Crippen LogP contribution is -1.88. The van der Waals surface area contributed by atoms with Gasteiger partial charge in [-0.15, -0.1) is 11.6 Å². The van der Waals surface area contributed by atoms with E-state index in [1.165, 1.54) is 6.33 Å². The zero-order valence-electron chi connectivity index (χ0n) is 5.42. The van der Waals surface area contributed by atoms with Crippen LogP contribution in [-0.4, -0.2) is 15.8 Å². The number of aromatic nitrogens is 2. The van der Waals surface area contributed by atoms with E-state index in [2.05, 4.69) is 16.5 Å².